The van der Waals surface area contributed by atoms with Crippen molar-refractivity contribution in [3.63, 3.8) is 0 Å². The first-order chi connectivity index (χ1) is 10.9. The van der Waals surface area contributed by atoms with Gasteiger partial charge in [0.2, 0.25) is 5.91 Å². The Labute approximate surface area is 142 Å². The minimum atomic E-state index is -0.595. The van der Waals surface area contributed by atoms with Crippen molar-refractivity contribution in [2.24, 2.45) is 5.92 Å². The second kappa shape index (κ2) is 9.53. The molecule has 5 nitrogen and oxygen atoms in total. The van der Waals surface area contributed by atoms with Crippen molar-refractivity contribution >= 4 is 23.4 Å². The van der Waals surface area contributed by atoms with Gasteiger partial charge in [-0.25, -0.2) is 0 Å². The summed E-state index contributed by atoms with van der Waals surface area (Å²) >= 11 is 5.82. The average Bonchev–Trinajstić information content (AvgIpc) is 2.52. The first-order valence-electron chi connectivity index (χ1n) is 7.74. The Hall–Kier alpha value is -1.59. The number of hydrogen-bond donors (Lipinski definition) is 2. The topological polar surface area (TPSA) is 67.4 Å². The normalized spacial score (nSPS) is 14.7. The summed E-state index contributed by atoms with van der Waals surface area (Å²) in [5, 5.41) is 6.24. The molecule has 2 N–H and O–H groups in total. The van der Waals surface area contributed by atoms with Crippen molar-refractivity contribution in [2.75, 3.05) is 13.7 Å². The van der Waals surface area contributed by atoms with Crippen molar-refractivity contribution in [3.05, 3.63) is 34.9 Å². The summed E-state index contributed by atoms with van der Waals surface area (Å²) in [6.45, 7) is 6.20. The fraction of sp³-hybridized carbons (Fsp3) is 0.529. The van der Waals surface area contributed by atoms with Gasteiger partial charge < -0.3 is 15.4 Å². The number of hydrogen-bond acceptors (Lipinski definition) is 3. The summed E-state index contributed by atoms with van der Waals surface area (Å²) in [6.07, 6.45) is 0.775. The van der Waals surface area contributed by atoms with E-state index < -0.39 is 6.04 Å². The Morgan fingerprint density at radius 2 is 1.78 bits per heavy atom. The van der Waals surface area contributed by atoms with E-state index in [9.17, 15) is 9.59 Å². The van der Waals surface area contributed by atoms with Crippen molar-refractivity contribution in [2.45, 2.75) is 39.3 Å². The molecule has 3 unspecified atom stereocenters. The van der Waals surface area contributed by atoms with E-state index in [1.165, 1.54) is 0 Å². The summed E-state index contributed by atoms with van der Waals surface area (Å²) in [5.41, 5.74) is 0.473. The molecular formula is C17H25ClN2O3. The van der Waals surface area contributed by atoms with Gasteiger partial charge in [0.1, 0.15) is 6.04 Å². The average molecular weight is 341 g/mol. The molecule has 1 rings (SSSR count). The third-order valence-electron chi connectivity index (χ3n) is 3.69. The second-order valence-corrected chi connectivity index (χ2v) is 6.14. The molecule has 1 aromatic rings. The lowest BCUT2D eigenvalue weighted by Crippen LogP contribution is -2.52. The van der Waals surface area contributed by atoms with Crippen LogP contribution in [0.15, 0.2) is 24.3 Å². The highest BCUT2D eigenvalue weighted by Gasteiger charge is 2.27. The van der Waals surface area contributed by atoms with Crippen molar-refractivity contribution in [1.82, 2.24) is 10.6 Å². The number of amides is 2. The van der Waals surface area contributed by atoms with Gasteiger partial charge in [0.25, 0.3) is 5.91 Å². The Morgan fingerprint density at radius 3 is 2.30 bits per heavy atom. The number of carbonyl (C=O) groups is 2. The molecule has 1 aromatic carbocycles. The fourth-order valence-corrected chi connectivity index (χ4v) is 2.28. The van der Waals surface area contributed by atoms with Gasteiger partial charge in [-0.1, -0.05) is 31.9 Å². The van der Waals surface area contributed by atoms with E-state index in [-0.39, 0.29) is 23.8 Å². The van der Waals surface area contributed by atoms with E-state index in [2.05, 4.69) is 10.6 Å². The molecule has 0 aliphatic carbocycles. The molecule has 0 bridgehead atoms. The number of halogens is 1. The summed E-state index contributed by atoms with van der Waals surface area (Å²) in [6, 6.07) is 5.85. The maximum atomic E-state index is 12.4. The van der Waals surface area contributed by atoms with Crippen LogP contribution in [0.4, 0.5) is 0 Å². The standard InChI is InChI=1S/C17H25ClN2O3/c1-5-11(2)15(17(22)19-12(3)10-23-4)20-16(21)13-6-8-14(18)9-7-13/h6-9,11-12,15H,5,10H2,1-4H3,(H,19,22)(H,20,21). The molecule has 0 radical (unpaired) electrons. The smallest absolute Gasteiger partial charge is 0.251 e. The van der Waals surface area contributed by atoms with E-state index in [4.69, 9.17) is 16.3 Å². The second-order valence-electron chi connectivity index (χ2n) is 5.71. The summed E-state index contributed by atoms with van der Waals surface area (Å²) in [4.78, 5) is 24.8. The quantitative estimate of drug-likeness (QED) is 0.764. The zero-order valence-electron chi connectivity index (χ0n) is 14.1. The third-order valence-corrected chi connectivity index (χ3v) is 3.95. The molecule has 0 aromatic heterocycles. The van der Waals surface area contributed by atoms with Crippen LogP contribution in [0.5, 0.6) is 0 Å². The molecule has 0 aliphatic rings. The third kappa shape index (κ3) is 6.20. The molecule has 2 amide bonds. The maximum absolute atomic E-state index is 12.4. The van der Waals surface area contributed by atoms with Gasteiger partial charge in [-0.3, -0.25) is 9.59 Å². The number of methoxy groups -OCH3 is 1. The highest BCUT2D eigenvalue weighted by atomic mass is 35.5. The number of rotatable bonds is 8. The number of carbonyl (C=O) groups excluding carboxylic acids is 2. The lowest BCUT2D eigenvalue weighted by atomic mass is 9.97. The largest absolute Gasteiger partial charge is 0.383 e. The number of ether oxygens (including phenoxy) is 1. The first kappa shape index (κ1) is 19.5. The van der Waals surface area contributed by atoms with E-state index in [1.807, 2.05) is 20.8 Å². The van der Waals surface area contributed by atoms with Gasteiger partial charge in [0, 0.05) is 23.7 Å². The fourth-order valence-electron chi connectivity index (χ4n) is 2.15. The van der Waals surface area contributed by atoms with Crippen molar-refractivity contribution in [3.8, 4) is 0 Å². The van der Waals surface area contributed by atoms with E-state index in [0.29, 0.717) is 17.2 Å². The van der Waals surface area contributed by atoms with Gasteiger partial charge in [-0.05, 0) is 37.1 Å². The zero-order valence-corrected chi connectivity index (χ0v) is 14.8. The van der Waals surface area contributed by atoms with Crippen LogP contribution in [0.2, 0.25) is 5.02 Å². The molecule has 3 atom stereocenters. The molecule has 128 valence electrons. The highest BCUT2D eigenvalue weighted by Crippen LogP contribution is 2.12. The molecule has 6 heteroatoms. The van der Waals surface area contributed by atoms with E-state index >= 15 is 0 Å². The molecule has 0 saturated heterocycles. The minimum absolute atomic E-state index is 0.0148. The predicted molar refractivity (Wildman–Crippen MR) is 91.6 cm³/mol. The highest BCUT2D eigenvalue weighted by molar-refractivity contribution is 6.30. The van der Waals surface area contributed by atoms with E-state index in [0.717, 1.165) is 6.42 Å². The van der Waals surface area contributed by atoms with Crippen LogP contribution in [0.25, 0.3) is 0 Å². The summed E-state index contributed by atoms with van der Waals surface area (Å²) in [7, 11) is 1.58. The van der Waals surface area contributed by atoms with Gasteiger partial charge in [-0.15, -0.1) is 0 Å². The van der Waals surface area contributed by atoms with Crippen LogP contribution in [0.3, 0.4) is 0 Å². The van der Waals surface area contributed by atoms with Gasteiger partial charge in [-0.2, -0.15) is 0 Å². The minimum Gasteiger partial charge on any atom is -0.383 e. The molecule has 0 saturated carbocycles. The first-order valence-corrected chi connectivity index (χ1v) is 8.12. The van der Waals surface area contributed by atoms with Crippen LogP contribution in [-0.4, -0.2) is 37.6 Å². The Balaban J connectivity index is 2.79. The maximum Gasteiger partial charge on any atom is 0.251 e. The van der Waals surface area contributed by atoms with Crippen LogP contribution in [0, 0.1) is 5.92 Å². The number of benzene rings is 1. The monoisotopic (exact) mass is 340 g/mol. The Morgan fingerprint density at radius 1 is 1.17 bits per heavy atom. The Kier molecular flexibility index (Phi) is 8.06. The van der Waals surface area contributed by atoms with Gasteiger partial charge >= 0.3 is 0 Å². The summed E-state index contributed by atoms with van der Waals surface area (Å²) in [5.74, 6) is -0.478. The summed E-state index contributed by atoms with van der Waals surface area (Å²) < 4.78 is 5.02. The SMILES string of the molecule is CCC(C)C(NC(=O)c1ccc(Cl)cc1)C(=O)NC(C)COC. The molecule has 0 heterocycles. The number of nitrogens with one attached hydrogen (secondary N) is 2. The van der Waals surface area contributed by atoms with Gasteiger partial charge in [0.15, 0.2) is 0 Å². The van der Waals surface area contributed by atoms with Crippen LogP contribution < -0.4 is 10.6 Å². The Bertz CT molecular complexity index is 519. The molecule has 23 heavy (non-hydrogen) atoms. The predicted octanol–water partition coefficient (Wildman–Crippen LogP) is 2.64. The zero-order chi connectivity index (χ0) is 17.4. The van der Waals surface area contributed by atoms with Gasteiger partial charge in [0.05, 0.1) is 6.61 Å². The van der Waals surface area contributed by atoms with Crippen LogP contribution >= 0.6 is 11.6 Å². The lowest BCUT2D eigenvalue weighted by Gasteiger charge is -2.25. The molecule has 0 aliphatic heterocycles. The lowest BCUT2D eigenvalue weighted by molar-refractivity contribution is -0.125. The molecular weight excluding hydrogens is 316 g/mol. The molecule has 0 spiro atoms. The van der Waals surface area contributed by atoms with Crippen molar-refractivity contribution in [1.29, 1.82) is 0 Å². The van der Waals surface area contributed by atoms with E-state index in [1.54, 1.807) is 31.4 Å². The van der Waals surface area contributed by atoms with Crippen LogP contribution in [0.1, 0.15) is 37.6 Å². The van der Waals surface area contributed by atoms with Crippen molar-refractivity contribution < 1.29 is 14.3 Å². The molecule has 0 fully saturated rings. The van der Waals surface area contributed by atoms with Crippen LogP contribution in [-0.2, 0) is 9.53 Å².